The van der Waals surface area contributed by atoms with E-state index >= 15 is 0 Å². The van der Waals surface area contributed by atoms with Crippen LogP contribution < -0.4 is 5.06 Å². The van der Waals surface area contributed by atoms with Crippen LogP contribution in [-0.4, -0.2) is 5.54 Å². The number of hydroxylamine groups is 2. The summed E-state index contributed by atoms with van der Waals surface area (Å²) in [6.45, 7) is -8.24. The van der Waals surface area contributed by atoms with E-state index < -0.39 is 73.0 Å². The molecule has 2 nitrogen and oxygen atoms in total. The molecule has 0 radical (unpaired) electrons. The van der Waals surface area contributed by atoms with Gasteiger partial charge in [-0.3, -0.25) is 0 Å². The lowest BCUT2D eigenvalue weighted by Crippen LogP contribution is -3.14. The summed E-state index contributed by atoms with van der Waals surface area (Å²) in [4.78, 5) is 0. The van der Waals surface area contributed by atoms with Crippen molar-refractivity contribution in [3.05, 3.63) is 53.6 Å². The lowest BCUT2D eigenvalue weighted by atomic mass is 10.0. The molecule has 0 aliphatic carbocycles. The summed E-state index contributed by atoms with van der Waals surface area (Å²) < 4.78 is 107. The number of rotatable bonds is 3. The molecule has 82 valence electrons. The van der Waals surface area contributed by atoms with Crippen LogP contribution in [0.1, 0.15) is 51.4 Å². The molecule has 0 heterocycles. The van der Waals surface area contributed by atoms with Crippen molar-refractivity contribution in [2.75, 3.05) is 0 Å². The van der Waals surface area contributed by atoms with Gasteiger partial charge in [0.1, 0.15) is 6.04 Å². The average Bonchev–Trinajstić information content (AvgIpc) is 2.51. The van der Waals surface area contributed by atoms with E-state index in [2.05, 4.69) is 6.58 Å². The number of benzene rings is 1. The van der Waals surface area contributed by atoms with Gasteiger partial charge in [0.25, 0.3) is 0 Å². The van der Waals surface area contributed by atoms with Gasteiger partial charge in [-0.15, -0.1) is 0 Å². The Bertz CT molecular complexity index is 728. The Hall–Kier alpha value is -1.12. The molecule has 0 aromatic heterocycles. The molecule has 1 aromatic rings. The minimum atomic E-state index is -3.88. The van der Waals surface area contributed by atoms with Crippen LogP contribution in [0.3, 0.4) is 0 Å². The van der Waals surface area contributed by atoms with Crippen LogP contribution >= 0.6 is 0 Å². The highest BCUT2D eigenvalue weighted by Crippen LogP contribution is 2.12. The average molecular weight is 219 g/mol. The molecular weight excluding hydrogens is 186 g/mol. The normalized spacial score (nSPS) is 31.8. The maximum absolute atomic E-state index is 13.3. The Morgan fingerprint density at radius 1 is 1.47 bits per heavy atom. The van der Waals surface area contributed by atoms with Gasteiger partial charge in [0.2, 0.25) is 0 Å². The Morgan fingerprint density at radius 2 is 2.07 bits per heavy atom. The molecule has 1 N–H and O–H groups in total. The standard InChI is InChI=1S/C13H19NO/c1-5-12(14(15)13(2,3)4)11-9-7-6-8-10-11/h5-10,12,14H,1H2,2-4H3/i2D3,3D3,4D3,6D,7D,8D,9D,10D. The third-order valence-electron chi connectivity index (χ3n) is 1.72. The third-order valence-corrected chi connectivity index (χ3v) is 1.72. The van der Waals surface area contributed by atoms with Gasteiger partial charge in [-0.2, -0.15) is 0 Å². The van der Waals surface area contributed by atoms with Gasteiger partial charge in [-0.1, -0.05) is 36.8 Å². The second kappa shape index (κ2) is 4.60. The summed E-state index contributed by atoms with van der Waals surface area (Å²) in [7, 11) is 0. The highest BCUT2D eigenvalue weighted by Gasteiger charge is 2.25. The van der Waals surface area contributed by atoms with E-state index in [1.165, 1.54) is 0 Å². The fourth-order valence-electron chi connectivity index (χ4n) is 1.00. The monoisotopic (exact) mass is 219 g/mol. The maximum Gasteiger partial charge on any atom is 0.132 e. The molecule has 2 unspecified atom stereocenters. The van der Waals surface area contributed by atoms with E-state index in [1.54, 1.807) is 0 Å². The van der Waals surface area contributed by atoms with Crippen LogP contribution in [0.2, 0.25) is 0 Å². The van der Waals surface area contributed by atoms with Gasteiger partial charge in [-0.05, 0) is 26.6 Å². The first-order valence-electron chi connectivity index (χ1n) is 11.0. The molecule has 0 aliphatic heterocycles. The van der Waals surface area contributed by atoms with E-state index in [9.17, 15) is 5.21 Å². The van der Waals surface area contributed by atoms with Crippen LogP contribution in [0.15, 0.2) is 42.9 Å². The fraction of sp³-hybridized carbons (Fsp3) is 0.385. The minimum absolute atomic E-state index is 0.675. The molecule has 0 bridgehead atoms. The molecule has 1 aromatic carbocycles. The molecule has 0 fully saturated rings. The van der Waals surface area contributed by atoms with Crippen LogP contribution in [0, 0.1) is 5.21 Å². The topological polar surface area (TPSA) is 27.5 Å². The molecule has 2 heteroatoms. The lowest BCUT2D eigenvalue weighted by Gasteiger charge is -2.40. The van der Waals surface area contributed by atoms with Crippen LogP contribution in [-0.2, 0) is 0 Å². The molecule has 0 saturated heterocycles. The first-order valence-corrected chi connectivity index (χ1v) is 4.02. The quantitative estimate of drug-likeness (QED) is 0.612. The van der Waals surface area contributed by atoms with Gasteiger partial charge in [0.05, 0.1) is 12.4 Å². The minimum Gasteiger partial charge on any atom is -0.633 e. The SMILES string of the molecule is [2H]c1c([2H])c([2H])c(C(C=C)[NH+]([O-])C(C([2H])([2H])[2H])(C([2H])([2H])[2H])C([2H])([2H])[2H])c([2H])c1[2H]. The number of nitrogens with one attached hydrogen (secondary N) is 1. The van der Waals surface area contributed by atoms with Crippen LogP contribution in [0.25, 0.3) is 0 Å². The van der Waals surface area contributed by atoms with Crippen molar-refractivity contribution < 1.29 is 24.3 Å². The zero-order valence-electron chi connectivity index (χ0n) is 21.8. The summed E-state index contributed by atoms with van der Waals surface area (Å²) >= 11 is 0. The van der Waals surface area contributed by atoms with E-state index in [-0.39, 0.29) is 0 Å². The molecular formula is C13H19NO. The largest absolute Gasteiger partial charge is 0.633 e. The van der Waals surface area contributed by atoms with Crippen LogP contribution in [0.4, 0.5) is 0 Å². The van der Waals surface area contributed by atoms with Gasteiger partial charge in [-0.25, -0.2) is 0 Å². The highest BCUT2D eigenvalue weighted by atomic mass is 16.5. The summed E-state index contributed by atoms with van der Waals surface area (Å²) in [6.07, 6.45) is 0.675. The van der Waals surface area contributed by atoms with Crippen molar-refractivity contribution in [2.24, 2.45) is 0 Å². The second-order valence-electron chi connectivity index (χ2n) is 2.87. The molecule has 0 amide bonds. The zero-order chi connectivity index (χ0) is 23.3. The molecule has 15 heavy (non-hydrogen) atoms. The Balaban J connectivity index is 4.02. The summed E-state index contributed by atoms with van der Waals surface area (Å²) in [5.41, 5.74) is -4.63. The molecule has 2 atom stereocenters. The number of quaternary nitrogens is 1. The summed E-state index contributed by atoms with van der Waals surface area (Å²) in [6, 6.07) is -6.40. The van der Waals surface area contributed by atoms with Crippen molar-refractivity contribution in [3.63, 3.8) is 0 Å². The number of hydrogen-bond donors (Lipinski definition) is 1. The molecule has 0 spiro atoms. The van der Waals surface area contributed by atoms with E-state index in [1.807, 2.05) is 0 Å². The third kappa shape index (κ3) is 2.91. The maximum atomic E-state index is 13.3. The fourth-order valence-corrected chi connectivity index (χ4v) is 1.00. The summed E-state index contributed by atoms with van der Waals surface area (Å²) in [5.74, 6) is 0. The van der Waals surface area contributed by atoms with Gasteiger partial charge >= 0.3 is 0 Å². The van der Waals surface area contributed by atoms with Crippen molar-refractivity contribution in [1.29, 1.82) is 0 Å². The lowest BCUT2D eigenvalue weighted by molar-refractivity contribution is -0.922. The van der Waals surface area contributed by atoms with Gasteiger partial charge < -0.3 is 10.3 Å². The van der Waals surface area contributed by atoms with Crippen molar-refractivity contribution in [1.82, 2.24) is 0 Å². The smallest absolute Gasteiger partial charge is 0.132 e. The van der Waals surface area contributed by atoms with Crippen LogP contribution in [0.5, 0.6) is 0 Å². The van der Waals surface area contributed by atoms with Crippen molar-refractivity contribution in [2.45, 2.75) is 32.1 Å². The first-order chi connectivity index (χ1) is 12.8. The van der Waals surface area contributed by atoms with Gasteiger partial charge in [0.15, 0.2) is 0 Å². The summed E-state index contributed by atoms with van der Waals surface area (Å²) in [5, 5.41) is 11.4. The van der Waals surface area contributed by atoms with Crippen molar-refractivity contribution in [3.8, 4) is 0 Å². The van der Waals surface area contributed by atoms with E-state index in [0.29, 0.717) is 6.08 Å². The molecule has 0 saturated carbocycles. The van der Waals surface area contributed by atoms with Gasteiger partial charge in [0, 0.05) is 17.9 Å². The number of hydrogen-bond acceptors (Lipinski definition) is 1. The Kier molecular flexibility index (Phi) is 0.908. The highest BCUT2D eigenvalue weighted by molar-refractivity contribution is 5.20. The van der Waals surface area contributed by atoms with E-state index in [4.69, 9.17) is 19.2 Å². The van der Waals surface area contributed by atoms with Crippen molar-refractivity contribution >= 4 is 0 Å². The Morgan fingerprint density at radius 3 is 2.53 bits per heavy atom. The zero-order valence-corrected chi connectivity index (χ0v) is 7.77. The first kappa shape index (κ1) is 2.96. The molecule has 0 aliphatic rings. The van der Waals surface area contributed by atoms with E-state index in [0.717, 1.165) is 0 Å². The molecule has 1 rings (SSSR count). The predicted molar refractivity (Wildman–Crippen MR) is 63.5 cm³/mol. The second-order valence-corrected chi connectivity index (χ2v) is 2.87. The Labute approximate surface area is 111 Å². The predicted octanol–water partition coefficient (Wildman–Crippen LogP) is 2.09.